The van der Waals surface area contributed by atoms with Crippen molar-refractivity contribution in [3.05, 3.63) is 65.5 Å². The summed E-state index contributed by atoms with van der Waals surface area (Å²) in [6.07, 6.45) is 0. The van der Waals surface area contributed by atoms with Gasteiger partial charge >= 0.3 is 0 Å². The summed E-state index contributed by atoms with van der Waals surface area (Å²) in [4.78, 5) is 33.1. The zero-order chi connectivity index (χ0) is 22.3. The van der Waals surface area contributed by atoms with Crippen molar-refractivity contribution in [3.8, 4) is 0 Å². The molecule has 4 rings (SSSR count). The van der Waals surface area contributed by atoms with E-state index < -0.39 is 6.04 Å². The molecule has 6 heteroatoms. The van der Waals surface area contributed by atoms with Crippen molar-refractivity contribution < 1.29 is 9.59 Å². The molecular weight excluding hydrogens is 388 g/mol. The van der Waals surface area contributed by atoms with Gasteiger partial charge in [0, 0.05) is 19.2 Å². The Morgan fingerprint density at radius 1 is 1.00 bits per heavy atom. The van der Waals surface area contributed by atoms with Crippen molar-refractivity contribution in [2.75, 3.05) is 0 Å². The molecule has 2 atom stereocenters. The molecule has 1 aromatic heterocycles. The predicted octanol–water partition coefficient (Wildman–Crippen LogP) is 4.07. The maximum atomic E-state index is 13.5. The van der Waals surface area contributed by atoms with Crippen LogP contribution in [0.5, 0.6) is 0 Å². The van der Waals surface area contributed by atoms with Crippen molar-refractivity contribution in [2.45, 2.75) is 46.3 Å². The highest BCUT2D eigenvalue weighted by atomic mass is 16.2. The summed E-state index contributed by atoms with van der Waals surface area (Å²) >= 11 is 0. The second kappa shape index (κ2) is 8.17. The third-order valence-electron chi connectivity index (χ3n) is 6.15. The van der Waals surface area contributed by atoms with E-state index in [4.69, 9.17) is 4.98 Å². The summed E-state index contributed by atoms with van der Waals surface area (Å²) in [7, 11) is 1.98. The molecule has 0 saturated heterocycles. The molecule has 0 spiro atoms. The van der Waals surface area contributed by atoms with Gasteiger partial charge in [-0.1, -0.05) is 58.0 Å². The lowest BCUT2D eigenvalue weighted by Gasteiger charge is -2.32. The van der Waals surface area contributed by atoms with E-state index in [0.29, 0.717) is 12.1 Å². The first kappa shape index (κ1) is 21.1. The molecule has 2 heterocycles. The molecule has 2 aromatic carbocycles. The minimum atomic E-state index is -0.546. The number of hydrogen-bond acceptors (Lipinski definition) is 3. The molecular formula is C25H30N4O2. The van der Waals surface area contributed by atoms with E-state index in [1.165, 1.54) is 0 Å². The standard InChI is InChI=1S/C25H30N4O2/c1-15(2)21(23-26-19-12-8-9-13-20(19)28(23)5)27-24(30)22(16(3)4)29-14-17-10-6-7-11-18(17)25(29)31/h6-13,15-16,21-22H,14H2,1-5H3,(H,27,30)/t21-,22+/m1/s1. The molecule has 31 heavy (non-hydrogen) atoms. The number of amides is 2. The Hall–Kier alpha value is -3.15. The summed E-state index contributed by atoms with van der Waals surface area (Å²) in [5, 5.41) is 3.22. The van der Waals surface area contributed by atoms with Crippen LogP contribution in [0.3, 0.4) is 0 Å². The number of para-hydroxylation sites is 2. The second-order valence-electron chi connectivity index (χ2n) is 9.03. The van der Waals surface area contributed by atoms with E-state index in [9.17, 15) is 9.59 Å². The first-order valence-corrected chi connectivity index (χ1v) is 10.9. The smallest absolute Gasteiger partial charge is 0.255 e. The molecule has 0 bridgehead atoms. The van der Waals surface area contributed by atoms with Gasteiger partial charge in [-0.05, 0) is 35.6 Å². The van der Waals surface area contributed by atoms with E-state index in [1.807, 2.05) is 74.0 Å². The summed E-state index contributed by atoms with van der Waals surface area (Å²) in [6, 6.07) is 14.8. The Bertz CT molecular complexity index is 1130. The molecule has 0 unspecified atom stereocenters. The summed E-state index contributed by atoms with van der Waals surface area (Å²) in [5.41, 5.74) is 3.60. The minimum absolute atomic E-state index is 0.0217. The minimum Gasteiger partial charge on any atom is -0.344 e. The van der Waals surface area contributed by atoms with E-state index in [0.717, 1.165) is 22.4 Å². The molecule has 2 amide bonds. The molecule has 0 fully saturated rings. The lowest BCUT2D eigenvalue weighted by atomic mass is 9.98. The van der Waals surface area contributed by atoms with Crippen molar-refractivity contribution >= 4 is 22.8 Å². The topological polar surface area (TPSA) is 67.2 Å². The van der Waals surface area contributed by atoms with Gasteiger partial charge in [0.1, 0.15) is 11.9 Å². The van der Waals surface area contributed by atoms with Gasteiger partial charge in [-0.25, -0.2) is 4.98 Å². The van der Waals surface area contributed by atoms with Gasteiger partial charge in [-0.2, -0.15) is 0 Å². The summed E-state index contributed by atoms with van der Waals surface area (Å²) < 4.78 is 2.04. The maximum Gasteiger partial charge on any atom is 0.255 e. The third kappa shape index (κ3) is 3.71. The number of carbonyl (C=O) groups excluding carboxylic acids is 2. The lowest BCUT2D eigenvalue weighted by Crippen LogP contribution is -2.51. The van der Waals surface area contributed by atoms with Crippen molar-refractivity contribution in [1.29, 1.82) is 0 Å². The van der Waals surface area contributed by atoms with Crippen molar-refractivity contribution in [2.24, 2.45) is 18.9 Å². The molecule has 0 saturated carbocycles. The number of nitrogens with zero attached hydrogens (tertiary/aromatic N) is 3. The number of imidazole rings is 1. The zero-order valence-corrected chi connectivity index (χ0v) is 18.8. The third-order valence-corrected chi connectivity index (χ3v) is 6.15. The largest absolute Gasteiger partial charge is 0.344 e. The first-order valence-electron chi connectivity index (χ1n) is 10.9. The number of aryl methyl sites for hydroxylation is 1. The van der Waals surface area contributed by atoms with Crippen LogP contribution in [0.25, 0.3) is 11.0 Å². The first-order chi connectivity index (χ1) is 14.8. The van der Waals surface area contributed by atoms with Crippen LogP contribution >= 0.6 is 0 Å². The van der Waals surface area contributed by atoms with E-state index in [2.05, 4.69) is 19.2 Å². The van der Waals surface area contributed by atoms with Crippen LogP contribution in [-0.2, 0) is 18.4 Å². The number of carbonyl (C=O) groups is 2. The average molecular weight is 419 g/mol. The normalized spacial score (nSPS) is 15.6. The van der Waals surface area contributed by atoms with Gasteiger partial charge in [-0.15, -0.1) is 0 Å². The molecule has 0 radical (unpaired) electrons. The van der Waals surface area contributed by atoms with Crippen LogP contribution in [-0.4, -0.2) is 32.3 Å². The van der Waals surface area contributed by atoms with Gasteiger partial charge in [0.05, 0.1) is 17.1 Å². The molecule has 1 aliphatic heterocycles. The fraction of sp³-hybridized carbons (Fsp3) is 0.400. The Morgan fingerprint density at radius 3 is 2.32 bits per heavy atom. The second-order valence-corrected chi connectivity index (χ2v) is 9.03. The average Bonchev–Trinajstić information content (AvgIpc) is 3.24. The van der Waals surface area contributed by atoms with Crippen molar-refractivity contribution in [3.63, 3.8) is 0 Å². The van der Waals surface area contributed by atoms with E-state index in [1.54, 1.807) is 4.90 Å². The predicted molar refractivity (Wildman–Crippen MR) is 121 cm³/mol. The highest BCUT2D eigenvalue weighted by molar-refractivity contribution is 6.01. The van der Waals surface area contributed by atoms with Crippen LogP contribution in [0.4, 0.5) is 0 Å². The summed E-state index contributed by atoms with van der Waals surface area (Å²) in [5.74, 6) is 0.726. The van der Waals surface area contributed by atoms with Gasteiger partial charge in [0.2, 0.25) is 5.91 Å². The molecule has 1 N–H and O–H groups in total. The van der Waals surface area contributed by atoms with Gasteiger partial charge < -0.3 is 14.8 Å². The van der Waals surface area contributed by atoms with E-state index in [-0.39, 0.29) is 29.7 Å². The quantitative estimate of drug-likeness (QED) is 0.656. The fourth-order valence-corrected chi connectivity index (χ4v) is 4.52. The monoisotopic (exact) mass is 418 g/mol. The number of fused-ring (bicyclic) bond motifs is 2. The van der Waals surface area contributed by atoms with E-state index >= 15 is 0 Å². The zero-order valence-electron chi connectivity index (χ0n) is 18.8. The summed E-state index contributed by atoms with van der Waals surface area (Å²) in [6.45, 7) is 8.58. The van der Waals surface area contributed by atoms with Crippen LogP contribution in [0, 0.1) is 11.8 Å². The van der Waals surface area contributed by atoms with Crippen LogP contribution < -0.4 is 5.32 Å². The number of aromatic nitrogens is 2. The Kier molecular flexibility index (Phi) is 5.56. The SMILES string of the molecule is CC(C)[C@@H](C(=O)N[C@@H](c1nc2ccccc2n1C)C(C)C)N1Cc2ccccc2C1=O. The molecule has 162 valence electrons. The highest BCUT2D eigenvalue weighted by Crippen LogP contribution is 2.29. The van der Waals surface area contributed by atoms with Gasteiger partial charge in [-0.3, -0.25) is 9.59 Å². The van der Waals surface area contributed by atoms with Gasteiger partial charge in [0.25, 0.3) is 5.91 Å². The molecule has 3 aromatic rings. The fourth-order valence-electron chi connectivity index (χ4n) is 4.52. The van der Waals surface area contributed by atoms with Crippen LogP contribution in [0.1, 0.15) is 55.5 Å². The Labute approximate surface area is 183 Å². The van der Waals surface area contributed by atoms with Crippen LogP contribution in [0.15, 0.2) is 48.5 Å². The molecule has 6 nitrogen and oxygen atoms in total. The number of rotatable bonds is 6. The number of nitrogens with one attached hydrogen (secondary N) is 1. The van der Waals surface area contributed by atoms with Gasteiger partial charge in [0.15, 0.2) is 0 Å². The van der Waals surface area contributed by atoms with Crippen LogP contribution in [0.2, 0.25) is 0 Å². The Balaban J connectivity index is 1.63. The number of hydrogen-bond donors (Lipinski definition) is 1. The highest BCUT2D eigenvalue weighted by Gasteiger charge is 2.39. The maximum absolute atomic E-state index is 13.5. The number of benzene rings is 2. The molecule has 1 aliphatic rings. The lowest BCUT2D eigenvalue weighted by molar-refractivity contribution is -0.128. The molecule has 0 aliphatic carbocycles. The van der Waals surface area contributed by atoms with Crippen molar-refractivity contribution in [1.82, 2.24) is 19.8 Å². The Morgan fingerprint density at radius 2 is 1.68 bits per heavy atom.